The summed E-state index contributed by atoms with van der Waals surface area (Å²) >= 11 is 0. The smallest absolute Gasteiger partial charge is 0.246 e. The minimum Gasteiger partial charge on any atom is -0.394 e. The van der Waals surface area contributed by atoms with Crippen molar-refractivity contribution in [3.63, 3.8) is 0 Å². The van der Waals surface area contributed by atoms with Crippen LogP contribution in [0.15, 0.2) is 23.4 Å². The highest BCUT2D eigenvalue weighted by Gasteiger charge is 2.29. The number of hydrogen-bond acceptors (Lipinski definition) is 7. The molecular formula is C18H22BFN6O3. The van der Waals surface area contributed by atoms with Crippen LogP contribution in [0.1, 0.15) is 35.0 Å². The van der Waals surface area contributed by atoms with Crippen molar-refractivity contribution >= 4 is 31.0 Å². The van der Waals surface area contributed by atoms with Gasteiger partial charge in [0.05, 0.1) is 23.0 Å². The molecule has 9 nitrogen and oxygen atoms in total. The molecule has 0 radical (unpaired) electrons. The first-order valence-electron chi connectivity index (χ1n) is 9.09. The normalized spacial score (nSPS) is 18.0. The maximum Gasteiger partial charge on any atom is 0.246 e. The summed E-state index contributed by atoms with van der Waals surface area (Å²) in [5.41, 5.74) is 14.5. The second kappa shape index (κ2) is 8.44. The molecule has 0 bridgehead atoms. The number of carbonyl (C=O) groups excluding carboxylic acids is 1. The van der Waals surface area contributed by atoms with Crippen LogP contribution in [0.4, 0.5) is 10.3 Å². The van der Waals surface area contributed by atoms with E-state index in [1.165, 1.54) is 12.1 Å². The molecule has 0 saturated heterocycles. The number of benzene rings is 1. The van der Waals surface area contributed by atoms with Gasteiger partial charge >= 0.3 is 0 Å². The molecule has 0 saturated carbocycles. The average Bonchev–Trinajstić information content (AvgIpc) is 2.63. The molecule has 0 aliphatic carbocycles. The number of anilines is 1. The first-order chi connectivity index (χ1) is 13.8. The highest BCUT2D eigenvalue weighted by Crippen LogP contribution is 2.26. The number of nitrogens with zero attached hydrogens (tertiary/aromatic N) is 3. The monoisotopic (exact) mass is 400 g/mol. The van der Waals surface area contributed by atoms with Crippen LogP contribution in [0.5, 0.6) is 0 Å². The molecule has 152 valence electrons. The maximum absolute atomic E-state index is 13.5. The number of nitrogen functional groups attached to an aromatic ring is 1. The minimum atomic E-state index is -1.30. The Morgan fingerprint density at radius 2 is 2.28 bits per heavy atom. The van der Waals surface area contributed by atoms with Crippen LogP contribution in [-0.4, -0.2) is 47.4 Å². The van der Waals surface area contributed by atoms with Gasteiger partial charge in [-0.05, 0) is 24.6 Å². The molecule has 6 N–H and O–H groups in total. The second-order valence-corrected chi connectivity index (χ2v) is 6.87. The first-order valence-corrected chi connectivity index (χ1v) is 9.09. The minimum absolute atomic E-state index is 0.0106. The fraction of sp³-hybridized carbons (Fsp3) is 0.333. The van der Waals surface area contributed by atoms with E-state index in [2.05, 4.69) is 20.4 Å². The summed E-state index contributed by atoms with van der Waals surface area (Å²) in [5.74, 6) is -0.585. The number of rotatable bonds is 6. The number of oxime groups is 1. The van der Waals surface area contributed by atoms with Gasteiger partial charge in [0, 0.05) is 12.8 Å². The van der Waals surface area contributed by atoms with Crippen molar-refractivity contribution in [3.8, 4) is 0 Å². The summed E-state index contributed by atoms with van der Waals surface area (Å²) in [4.78, 5) is 24.7. The molecule has 2 heterocycles. The lowest BCUT2D eigenvalue weighted by Crippen LogP contribution is -2.40. The van der Waals surface area contributed by atoms with Crippen LogP contribution in [0, 0.1) is 12.7 Å². The van der Waals surface area contributed by atoms with Crippen LogP contribution >= 0.6 is 0 Å². The molecule has 0 spiro atoms. The number of aryl methyl sites for hydroxylation is 1. The second-order valence-electron chi connectivity index (χ2n) is 6.87. The Morgan fingerprint density at radius 3 is 2.97 bits per heavy atom. The Balaban J connectivity index is 1.90. The fourth-order valence-corrected chi connectivity index (χ4v) is 3.30. The Morgan fingerprint density at radius 1 is 1.52 bits per heavy atom. The van der Waals surface area contributed by atoms with Gasteiger partial charge in [-0.15, -0.1) is 0 Å². The highest BCUT2D eigenvalue weighted by atomic mass is 19.1. The number of carbonyl (C=O) groups is 1. The molecule has 2 aromatic rings. The van der Waals surface area contributed by atoms with Crippen LogP contribution < -0.4 is 22.2 Å². The van der Waals surface area contributed by atoms with Crippen molar-refractivity contribution in [2.45, 2.75) is 31.9 Å². The molecule has 29 heavy (non-hydrogen) atoms. The van der Waals surface area contributed by atoms with E-state index in [-0.39, 0.29) is 30.8 Å². The SMILES string of the molecule is Bc1cc(F)ccc1[C@H]1Cc2nc(N)nc(C)c2/C(=N/OCC[C@H](O)C(N)=O)N1. The number of halogens is 1. The summed E-state index contributed by atoms with van der Waals surface area (Å²) in [6, 6.07) is 4.35. The van der Waals surface area contributed by atoms with E-state index < -0.39 is 12.0 Å². The number of nitrogens with two attached hydrogens (primary N) is 2. The number of hydrogen-bond donors (Lipinski definition) is 4. The molecule has 1 aromatic heterocycles. The number of amides is 1. The van der Waals surface area contributed by atoms with Gasteiger partial charge in [-0.1, -0.05) is 16.7 Å². The van der Waals surface area contributed by atoms with Gasteiger partial charge in [0.25, 0.3) is 0 Å². The Kier molecular flexibility index (Phi) is 5.97. The number of aromatic nitrogens is 2. The molecule has 2 atom stereocenters. The molecule has 0 unspecified atom stereocenters. The van der Waals surface area contributed by atoms with Gasteiger partial charge in [0.2, 0.25) is 11.9 Å². The quantitative estimate of drug-likeness (QED) is 0.264. The van der Waals surface area contributed by atoms with E-state index in [0.29, 0.717) is 29.2 Å². The van der Waals surface area contributed by atoms with Crippen molar-refractivity contribution in [1.82, 2.24) is 15.3 Å². The predicted molar refractivity (Wildman–Crippen MR) is 108 cm³/mol. The van der Waals surface area contributed by atoms with Gasteiger partial charge in [0.15, 0.2) is 5.84 Å². The lowest BCUT2D eigenvalue weighted by molar-refractivity contribution is -0.126. The summed E-state index contributed by atoms with van der Waals surface area (Å²) in [5, 5.41) is 16.9. The standard InChI is InChI=1S/C18H22BFN6O3/c1-8-15-13(25-18(22)23-8)7-12(10-3-2-9(20)6-11(10)19)24-17(15)26-29-5-4-14(27)16(21)28/h2-3,6,12,14,27H,4-5,7,19H2,1H3,(H2,21,28)(H,24,26)(H2,22,23,25)/t12-,14+/m1/s1. The maximum atomic E-state index is 13.5. The van der Waals surface area contributed by atoms with E-state index in [1.54, 1.807) is 13.0 Å². The first kappa shape index (κ1) is 20.5. The van der Waals surface area contributed by atoms with E-state index in [4.69, 9.17) is 16.3 Å². The predicted octanol–water partition coefficient (Wildman–Crippen LogP) is -1.43. The van der Waals surface area contributed by atoms with Crippen LogP contribution in [0.2, 0.25) is 0 Å². The molecule has 3 rings (SSSR count). The van der Waals surface area contributed by atoms with Crippen LogP contribution in [0.3, 0.4) is 0 Å². The van der Waals surface area contributed by atoms with E-state index in [1.807, 2.05) is 7.85 Å². The topological polar surface area (TPSA) is 149 Å². The number of nitrogens with one attached hydrogen (secondary N) is 1. The number of amidine groups is 1. The van der Waals surface area contributed by atoms with Crippen molar-refractivity contribution in [1.29, 1.82) is 0 Å². The largest absolute Gasteiger partial charge is 0.394 e. The average molecular weight is 400 g/mol. The van der Waals surface area contributed by atoms with Gasteiger partial charge < -0.3 is 26.7 Å². The third-order valence-corrected chi connectivity index (χ3v) is 4.70. The Bertz CT molecular complexity index is 971. The molecule has 1 amide bonds. The van der Waals surface area contributed by atoms with Gasteiger partial charge in [-0.2, -0.15) is 0 Å². The lowest BCUT2D eigenvalue weighted by atomic mass is 9.84. The van der Waals surface area contributed by atoms with Crippen LogP contribution in [0.25, 0.3) is 0 Å². The van der Waals surface area contributed by atoms with Crippen molar-refractivity contribution in [3.05, 3.63) is 46.5 Å². The van der Waals surface area contributed by atoms with Gasteiger partial charge in [-0.25, -0.2) is 14.4 Å². The third kappa shape index (κ3) is 4.62. The van der Waals surface area contributed by atoms with Crippen molar-refractivity contribution in [2.24, 2.45) is 10.9 Å². The van der Waals surface area contributed by atoms with Crippen molar-refractivity contribution < 1.29 is 19.1 Å². The zero-order valence-corrected chi connectivity index (χ0v) is 16.1. The molecule has 11 heteroatoms. The summed E-state index contributed by atoms with van der Waals surface area (Å²) in [7, 11) is 1.83. The number of aliphatic hydroxyl groups is 1. The van der Waals surface area contributed by atoms with Gasteiger partial charge in [0.1, 0.15) is 26.4 Å². The van der Waals surface area contributed by atoms with Crippen molar-refractivity contribution in [2.75, 3.05) is 12.3 Å². The number of primary amides is 1. The number of aliphatic hydroxyl groups excluding tert-OH is 1. The lowest BCUT2D eigenvalue weighted by Gasteiger charge is -2.29. The molecule has 1 aliphatic heterocycles. The zero-order valence-electron chi connectivity index (χ0n) is 16.1. The molecule has 0 fully saturated rings. The summed E-state index contributed by atoms with van der Waals surface area (Å²) < 4.78 is 13.5. The van der Waals surface area contributed by atoms with Gasteiger partial charge in [-0.3, -0.25) is 4.79 Å². The van der Waals surface area contributed by atoms with E-state index in [0.717, 1.165) is 11.0 Å². The summed E-state index contributed by atoms with van der Waals surface area (Å²) in [6.45, 7) is 1.77. The third-order valence-electron chi connectivity index (χ3n) is 4.70. The Labute approximate surface area is 167 Å². The summed E-state index contributed by atoms with van der Waals surface area (Å²) in [6.07, 6.45) is -0.785. The molecular weight excluding hydrogens is 378 g/mol. The Hall–Kier alpha value is -3.21. The van der Waals surface area contributed by atoms with E-state index in [9.17, 15) is 14.3 Å². The molecule has 1 aromatic carbocycles. The fourth-order valence-electron chi connectivity index (χ4n) is 3.30. The van der Waals surface area contributed by atoms with E-state index >= 15 is 0 Å². The number of fused-ring (bicyclic) bond motifs is 1. The highest BCUT2D eigenvalue weighted by molar-refractivity contribution is 6.33. The van der Waals surface area contributed by atoms with Crippen LogP contribution in [-0.2, 0) is 16.1 Å². The zero-order chi connectivity index (χ0) is 21.1. The molecule has 1 aliphatic rings.